The van der Waals surface area contributed by atoms with Crippen LogP contribution in [0.2, 0.25) is 0 Å². The van der Waals surface area contributed by atoms with Crippen molar-refractivity contribution in [1.29, 1.82) is 0 Å². The summed E-state index contributed by atoms with van der Waals surface area (Å²) in [6, 6.07) is 3.23. The molecule has 0 heterocycles. The molecular formula is C16H17F2N3O3. The summed E-state index contributed by atoms with van der Waals surface area (Å²) in [7, 11) is 0. The van der Waals surface area contributed by atoms with Gasteiger partial charge in [0.2, 0.25) is 5.78 Å². The molecule has 2 rings (SSSR count). The van der Waals surface area contributed by atoms with E-state index in [1.165, 1.54) is 13.0 Å². The molecule has 1 aromatic carbocycles. The lowest BCUT2D eigenvalue weighted by Crippen LogP contribution is -2.28. The van der Waals surface area contributed by atoms with E-state index in [0.717, 1.165) is 25.0 Å². The van der Waals surface area contributed by atoms with Gasteiger partial charge < -0.3 is 16.2 Å². The fourth-order valence-corrected chi connectivity index (χ4v) is 1.93. The van der Waals surface area contributed by atoms with E-state index >= 15 is 0 Å². The average molecular weight is 337 g/mol. The highest BCUT2D eigenvalue weighted by molar-refractivity contribution is 6.19. The van der Waals surface area contributed by atoms with Gasteiger partial charge in [0.1, 0.15) is 11.4 Å². The second-order valence-corrected chi connectivity index (χ2v) is 5.40. The number of amidine groups is 1. The van der Waals surface area contributed by atoms with E-state index in [2.05, 4.69) is 4.99 Å². The Morgan fingerprint density at radius 3 is 2.54 bits per heavy atom. The molecule has 0 atom stereocenters. The molecule has 6 nitrogen and oxygen atoms in total. The minimum atomic E-state index is -1.29. The van der Waals surface area contributed by atoms with E-state index in [-0.39, 0.29) is 23.1 Å². The Balaban J connectivity index is 2.07. The molecule has 0 amide bonds. The fourth-order valence-electron chi connectivity index (χ4n) is 1.93. The van der Waals surface area contributed by atoms with Crippen LogP contribution in [0.1, 0.15) is 30.1 Å². The maximum Gasteiger partial charge on any atom is 0.344 e. The first-order valence-corrected chi connectivity index (χ1v) is 7.25. The lowest BCUT2D eigenvalue weighted by Gasteiger charge is -2.10. The van der Waals surface area contributed by atoms with Gasteiger partial charge in [0.05, 0.1) is 11.6 Å². The van der Waals surface area contributed by atoms with E-state index < -0.39 is 35.6 Å². The Hall–Kier alpha value is -2.77. The number of halogens is 2. The molecule has 0 spiro atoms. The molecule has 0 bridgehead atoms. The topological polar surface area (TPSA) is 108 Å². The second kappa shape index (κ2) is 7.20. The molecule has 1 aliphatic rings. The van der Waals surface area contributed by atoms with E-state index in [9.17, 15) is 18.4 Å². The van der Waals surface area contributed by atoms with Gasteiger partial charge in [-0.05, 0) is 31.9 Å². The van der Waals surface area contributed by atoms with Gasteiger partial charge >= 0.3 is 5.97 Å². The zero-order valence-corrected chi connectivity index (χ0v) is 13.0. The first-order chi connectivity index (χ1) is 11.3. The van der Waals surface area contributed by atoms with Crippen molar-refractivity contribution in [3.63, 3.8) is 0 Å². The van der Waals surface area contributed by atoms with Crippen LogP contribution in [0, 0.1) is 11.6 Å². The van der Waals surface area contributed by atoms with Gasteiger partial charge in [-0.2, -0.15) is 0 Å². The van der Waals surface area contributed by atoms with E-state index in [1.807, 2.05) is 0 Å². The molecule has 0 aromatic heterocycles. The van der Waals surface area contributed by atoms with Crippen molar-refractivity contribution in [3.8, 4) is 0 Å². The maximum absolute atomic E-state index is 13.5. The molecule has 1 aromatic rings. The SMILES string of the molecule is C/C(N)=C(\C(=O)OCC(=O)c1cccc(F)c1F)C(N)=NC1CC1. The third-order valence-corrected chi connectivity index (χ3v) is 3.31. The number of ether oxygens (including phenoxy) is 1. The maximum atomic E-state index is 13.5. The third kappa shape index (κ3) is 4.15. The molecule has 0 aliphatic heterocycles. The summed E-state index contributed by atoms with van der Waals surface area (Å²) >= 11 is 0. The van der Waals surface area contributed by atoms with Crippen LogP contribution in [0.4, 0.5) is 8.78 Å². The summed E-state index contributed by atoms with van der Waals surface area (Å²) in [4.78, 5) is 28.1. The number of esters is 1. The molecular weight excluding hydrogens is 320 g/mol. The molecule has 1 saturated carbocycles. The number of rotatable bonds is 6. The van der Waals surface area contributed by atoms with Crippen LogP contribution in [0.25, 0.3) is 0 Å². The number of carbonyl (C=O) groups is 2. The van der Waals surface area contributed by atoms with Gasteiger partial charge in [-0.25, -0.2) is 13.6 Å². The minimum absolute atomic E-state index is 0.0631. The zero-order valence-electron chi connectivity index (χ0n) is 13.0. The summed E-state index contributed by atoms with van der Waals surface area (Å²) in [6.07, 6.45) is 1.76. The third-order valence-electron chi connectivity index (χ3n) is 3.31. The molecule has 1 aliphatic carbocycles. The van der Waals surface area contributed by atoms with Crippen LogP contribution >= 0.6 is 0 Å². The zero-order chi connectivity index (χ0) is 17.9. The molecule has 0 radical (unpaired) electrons. The predicted molar refractivity (Wildman–Crippen MR) is 83.2 cm³/mol. The lowest BCUT2D eigenvalue weighted by molar-refractivity contribution is -0.137. The fraction of sp³-hybridized carbons (Fsp3) is 0.312. The van der Waals surface area contributed by atoms with E-state index in [0.29, 0.717) is 0 Å². The minimum Gasteiger partial charge on any atom is -0.454 e. The number of hydrogen-bond donors (Lipinski definition) is 2. The number of Topliss-reactive ketones (excluding diaryl/α,β-unsaturated/α-hetero) is 1. The molecule has 0 saturated heterocycles. The van der Waals surface area contributed by atoms with Crippen molar-refractivity contribution in [3.05, 3.63) is 46.7 Å². The van der Waals surface area contributed by atoms with Crippen LogP contribution in [-0.4, -0.2) is 30.2 Å². The van der Waals surface area contributed by atoms with Crippen LogP contribution in [0.3, 0.4) is 0 Å². The lowest BCUT2D eigenvalue weighted by atomic mass is 10.1. The first-order valence-electron chi connectivity index (χ1n) is 7.25. The van der Waals surface area contributed by atoms with Crippen LogP contribution in [0.15, 0.2) is 34.5 Å². The molecule has 128 valence electrons. The number of nitrogens with zero attached hydrogens (tertiary/aromatic N) is 1. The monoisotopic (exact) mass is 337 g/mol. The number of benzene rings is 1. The number of nitrogens with two attached hydrogens (primary N) is 2. The molecule has 8 heteroatoms. The Morgan fingerprint density at radius 1 is 1.29 bits per heavy atom. The van der Waals surface area contributed by atoms with E-state index in [1.54, 1.807) is 0 Å². The van der Waals surface area contributed by atoms with E-state index in [4.69, 9.17) is 16.2 Å². The van der Waals surface area contributed by atoms with Gasteiger partial charge in [-0.15, -0.1) is 0 Å². The molecule has 24 heavy (non-hydrogen) atoms. The second-order valence-electron chi connectivity index (χ2n) is 5.40. The largest absolute Gasteiger partial charge is 0.454 e. The van der Waals surface area contributed by atoms with Crippen molar-refractivity contribution < 1.29 is 23.1 Å². The number of hydrogen-bond acceptors (Lipinski definition) is 5. The smallest absolute Gasteiger partial charge is 0.344 e. The predicted octanol–water partition coefficient (Wildman–Crippen LogP) is 1.44. The van der Waals surface area contributed by atoms with Crippen molar-refractivity contribution >= 4 is 17.6 Å². The summed E-state index contributed by atoms with van der Waals surface area (Å²) in [6.45, 7) is 0.673. The summed E-state index contributed by atoms with van der Waals surface area (Å²) in [5, 5.41) is 0. The number of allylic oxidation sites excluding steroid dienone is 1. The van der Waals surface area contributed by atoms with Crippen molar-refractivity contribution in [2.24, 2.45) is 16.5 Å². The number of carbonyl (C=O) groups excluding carboxylic acids is 2. The first kappa shape index (κ1) is 17.6. The Bertz CT molecular complexity index is 736. The van der Waals surface area contributed by atoms with Gasteiger partial charge in [0.15, 0.2) is 18.2 Å². The van der Waals surface area contributed by atoms with Crippen molar-refractivity contribution in [2.45, 2.75) is 25.8 Å². The van der Waals surface area contributed by atoms with Gasteiger partial charge in [-0.3, -0.25) is 9.79 Å². The molecule has 4 N–H and O–H groups in total. The van der Waals surface area contributed by atoms with Crippen LogP contribution in [0.5, 0.6) is 0 Å². The number of ketones is 1. The standard InChI is InChI=1S/C16H17F2N3O3/c1-8(19)13(15(20)21-9-5-6-9)16(23)24-7-12(22)10-3-2-4-11(17)14(10)18/h2-4,9H,5-7,19H2,1H3,(H2,20,21)/b13-8+. The highest BCUT2D eigenvalue weighted by Gasteiger charge is 2.25. The van der Waals surface area contributed by atoms with Crippen LogP contribution in [-0.2, 0) is 9.53 Å². The Morgan fingerprint density at radius 2 is 1.96 bits per heavy atom. The summed E-state index contributed by atoms with van der Waals surface area (Å²) in [5.41, 5.74) is 10.8. The highest BCUT2D eigenvalue weighted by atomic mass is 19.2. The summed E-state index contributed by atoms with van der Waals surface area (Å²) in [5.74, 6) is -4.34. The van der Waals surface area contributed by atoms with Gasteiger partial charge in [0.25, 0.3) is 0 Å². The highest BCUT2D eigenvalue weighted by Crippen LogP contribution is 2.24. The summed E-state index contributed by atoms with van der Waals surface area (Å²) < 4.78 is 31.5. The average Bonchev–Trinajstić information content (AvgIpc) is 3.31. The Labute approximate surface area is 137 Å². The van der Waals surface area contributed by atoms with Crippen molar-refractivity contribution in [1.82, 2.24) is 0 Å². The quantitative estimate of drug-likeness (QED) is 0.268. The number of aliphatic imine (C=N–C) groups is 1. The van der Waals surface area contributed by atoms with Gasteiger partial charge in [-0.1, -0.05) is 6.07 Å². The van der Waals surface area contributed by atoms with Gasteiger partial charge in [0, 0.05) is 5.70 Å². The Kier molecular flexibility index (Phi) is 5.28. The molecule has 1 fully saturated rings. The normalized spacial score (nSPS) is 15.7. The van der Waals surface area contributed by atoms with Crippen LogP contribution < -0.4 is 11.5 Å². The van der Waals surface area contributed by atoms with Crippen molar-refractivity contribution in [2.75, 3.05) is 6.61 Å². The molecule has 0 unspecified atom stereocenters.